The molecule has 3 nitrogen and oxygen atoms in total. The second-order valence-electron chi connectivity index (χ2n) is 5.03. The number of hydrogen-bond acceptors (Lipinski definition) is 2. The molecular formula is C16H14BrClN2O. The maximum Gasteiger partial charge on any atom is 0.228 e. The van der Waals surface area contributed by atoms with Gasteiger partial charge in [0.25, 0.3) is 0 Å². The molecule has 0 spiro atoms. The van der Waals surface area contributed by atoms with E-state index in [2.05, 4.69) is 32.6 Å². The summed E-state index contributed by atoms with van der Waals surface area (Å²) in [6.07, 6.45) is 0.441. The number of carbonyl (C=O) groups excluding carboxylic acids is 1. The zero-order chi connectivity index (χ0) is 15.0. The van der Waals surface area contributed by atoms with E-state index in [9.17, 15) is 4.79 Å². The Morgan fingerprint density at radius 1 is 1.29 bits per heavy atom. The molecule has 3 rings (SSSR count). The van der Waals surface area contributed by atoms with Gasteiger partial charge in [-0.05, 0) is 48.0 Å². The van der Waals surface area contributed by atoms with Gasteiger partial charge in [0.05, 0.1) is 12.5 Å². The largest absolute Gasteiger partial charge is 0.326 e. The first-order chi connectivity index (χ1) is 10.1. The van der Waals surface area contributed by atoms with E-state index in [0.717, 1.165) is 26.9 Å². The molecule has 1 aliphatic rings. The molecule has 108 valence electrons. The fourth-order valence-corrected chi connectivity index (χ4v) is 3.32. The Morgan fingerprint density at radius 3 is 2.86 bits per heavy atom. The van der Waals surface area contributed by atoms with Gasteiger partial charge in [0.1, 0.15) is 0 Å². The van der Waals surface area contributed by atoms with Crippen molar-refractivity contribution in [2.45, 2.75) is 12.5 Å². The Morgan fingerprint density at radius 2 is 2.10 bits per heavy atom. The van der Waals surface area contributed by atoms with Gasteiger partial charge in [0, 0.05) is 15.2 Å². The molecule has 0 saturated heterocycles. The van der Waals surface area contributed by atoms with Crippen molar-refractivity contribution >= 4 is 39.1 Å². The lowest BCUT2D eigenvalue weighted by atomic mass is 9.96. The van der Waals surface area contributed by atoms with Crippen LogP contribution in [0.1, 0.15) is 22.7 Å². The standard InChI is InChI=1S/C16H14BrClN2O/c1-19-16(12-8-11(18)3-4-13(12)17)9-2-5-14-10(6-9)7-15(21)20-14/h2-6,8,16,19H,7H2,1H3,(H,20,21). The third-order valence-corrected chi connectivity index (χ3v) is 4.60. The fraction of sp³-hybridized carbons (Fsp3) is 0.188. The lowest BCUT2D eigenvalue weighted by Crippen LogP contribution is -2.18. The third-order valence-electron chi connectivity index (χ3n) is 3.65. The van der Waals surface area contributed by atoms with E-state index in [1.165, 1.54) is 0 Å². The smallest absolute Gasteiger partial charge is 0.228 e. The van der Waals surface area contributed by atoms with E-state index in [1.54, 1.807) is 0 Å². The highest BCUT2D eigenvalue weighted by molar-refractivity contribution is 9.10. The van der Waals surface area contributed by atoms with Crippen LogP contribution >= 0.6 is 27.5 Å². The summed E-state index contributed by atoms with van der Waals surface area (Å²) < 4.78 is 1.00. The minimum Gasteiger partial charge on any atom is -0.326 e. The summed E-state index contributed by atoms with van der Waals surface area (Å²) in [4.78, 5) is 11.5. The summed E-state index contributed by atoms with van der Waals surface area (Å²) in [7, 11) is 1.91. The molecule has 0 fully saturated rings. The predicted octanol–water partition coefficient (Wildman–Crippen LogP) is 3.91. The summed E-state index contributed by atoms with van der Waals surface area (Å²) in [5.41, 5.74) is 4.12. The maximum absolute atomic E-state index is 11.5. The quantitative estimate of drug-likeness (QED) is 0.866. The molecule has 0 saturated carbocycles. The Labute approximate surface area is 136 Å². The van der Waals surface area contributed by atoms with Crippen molar-refractivity contribution in [2.24, 2.45) is 0 Å². The summed E-state index contributed by atoms with van der Waals surface area (Å²) in [5, 5.41) is 6.86. The van der Waals surface area contributed by atoms with Crippen LogP contribution in [-0.4, -0.2) is 13.0 Å². The monoisotopic (exact) mass is 364 g/mol. The van der Waals surface area contributed by atoms with E-state index >= 15 is 0 Å². The molecule has 21 heavy (non-hydrogen) atoms. The molecule has 2 aromatic carbocycles. The van der Waals surface area contributed by atoms with E-state index < -0.39 is 0 Å². The Balaban J connectivity index is 2.03. The first kappa shape index (κ1) is 14.6. The molecular weight excluding hydrogens is 352 g/mol. The van der Waals surface area contributed by atoms with Crippen molar-refractivity contribution in [3.8, 4) is 0 Å². The van der Waals surface area contributed by atoms with Gasteiger partial charge in [-0.1, -0.05) is 39.7 Å². The SMILES string of the molecule is CNC(c1ccc2c(c1)CC(=O)N2)c1cc(Cl)ccc1Br. The molecule has 0 radical (unpaired) electrons. The van der Waals surface area contributed by atoms with Crippen LogP contribution in [0.4, 0.5) is 5.69 Å². The number of carbonyl (C=O) groups is 1. The number of fused-ring (bicyclic) bond motifs is 1. The number of hydrogen-bond donors (Lipinski definition) is 2. The lowest BCUT2D eigenvalue weighted by Gasteiger charge is -2.20. The molecule has 2 aromatic rings. The minimum atomic E-state index is 0.0130. The number of rotatable bonds is 3. The molecule has 0 bridgehead atoms. The second kappa shape index (κ2) is 5.79. The third kappa shape index (κ3) is 2.84. The molecule has 0 aromatic heterocycles. The molecule has 1 atom stereocenters. The highest BCUT2D eigenvalue weighted by Gasteiger charge is 2.21. The Bertz CT molecular complexity index is 717. The van der Waals surface area contributed by atoms with Gasteiger partial charge in [0.2, 0.25) is 5.91 Å². The van der Waals surface area contributed by atoms with Crippen LogP contribution in [-0.2, 0) is 11.2 Å². The van der Waals surface area contributed by atoms with Crippen LogP contribution < -0.4 is 10.6 Å². The van der Waals surface area contributed by atoms with Crippen LogP contribution in [0, 0.1) is 0 Å². The van der Waals surface area contributed by atoms with Gasteiger partial charge in [-0.25, -0.2) is 0 Å². The molecule has 2 N–H and O–H groups in total. The van der Waals surface area contributed by atoms with E-state index in [1.807, 2.05) is 37.4 Å². The van der Waals surface area contributed by atoms with Gasteiger partial charge in [-0.15, -0.1) is 0 Å². The maximum atomic E-state index is 11.5. The van der Waals surface area contributed by atoms with Crippen molar-refractivity contribution in [3.05, 3.63) is 62.6 Å². The number of anilines is 1. The second-order valence-corrected chi connectivity index (χ2v) is 6.32. The molecule has 1 aliphatic heterocycles. The average molecular weight is 366 g/mol. The van der Waals surface area contributed by atoms with E-state index in [4.69, 9.17) is 11.6 Å². The fourth-order valence-electron chi connectivity index (χ4n) is 2.67. The van der Waals surface area contributed by atoms with Gasteiger partial charge in [0.15, 0.2) is 0 Å². The molecule has 1 heterocycles. The van der Waals surface area contributed by atoms with Gasteiger partial charge in [-0.3, -0.25) is 4.79 Å². The molecule has 5 heteroatoms. The van der Waals surface area contributed by atoms with E-state index in [-0.39, 0.29) is 11.9 Å². The first-order valence-corrected chi connectivity index (χ1v) is 7.80. The van der Waals surface area contributed by atoms with Crippen LogP contribution in [0.15, 0.2) is 40.9 Å². The highest BCUT2D eigenvalue weighted by atomic mass is 79.9. The van der Waals surface area contributed by atoms with Crippen molar-refractivity contribution in [2.75, 3.05) is 12.4 Å². The van der Waals surface area contributed by atoms with Crippen molar-refractivity contribution in [1.29, 1.82) is 0 Å². The van der Waals surface area contributed by atoms with Crippen LogP contribution in [0.5, 0.6) is 0 Å². The molecule has 0 aliphatic carbocycles. The number of amides is 1. The average Bonchev–Trinajstić information content (AvgIpc) is 2.83. The summed E-state index contributed by atoms with van der Waals surface area (Å²) in [6, 6.07) is 11.8. The highest BCUT2D eigenvalue weighted by Crippen LogP contribution is 2.33. The summed E-state index contributed by atoms with van der Waals surface area (Å²) in [5.74, 6) is 0.0482. The van der Waals surface area contributed by atoms with Gasteiger partial charge in [-0.2, -0.15) is 0 Å². The number of nitrogens with one attached hydrogen (secondary N) is 2. The van der Waals surface area contributed by atoms with Gasteiger partial charge < -0.3 is 10.6 Å². The van der Waals surface area contributed by atoms with Crippen LogP contribution in [0.25, 0.3) is 0 Å². The normalized spacial score (nSPS) is 14.7. The zero-order valence-electron chi connectivity index (χ0n) is 11.4. The number of benzene rings is 2. The Kier molecular flexibility index (Phi) is 4.02. The van der Waals surface area contributed by atoms with Crippen molar-refractivity contribution in [1.82, 2.24) is 5.32 Å². The summed E-state index contributed by atoms with van der Waals surface area (Å²) in [6.45, 7) is 0. The van der Waals surface area contributed by atoms with Crippen molar-refractivity contribution < 1.29 is 4.79 Å². The minimum absolute atomic E-state index is 0.0130. The van der Waals surface area contributed by atoms with Crippen LogP contribution in [0.3, 0.4) is 0 Å². The molecule has 1 unspecified atom stereocenters. The lowest BCUT2D eigenvalue weighted by molar-refractivity contribution is -0.115. The van der Waals surface area contributed by atoms with Gasteiger partial charge >= 0.3 is 0 Å². The summed E-state index contributed by atoms with van der Waals surface area (Å²) >= 11 is 9.69. The van der Waals surface area contributed by atoms with Crippen LogP contribution in [0.2, 0.25) is 5.02 Å². The number of halogens is 2. The van der Waals surface area contributed by atoms with E-state index in [0.29, 0.717) is 11.4 Å². The molecule has 1 amide bonds. The van der Waals surface area contributed by atoms with Crippen molar-refractivity contribution in [3.63, 3.8) is 0 Å². The zero-order valence-corrected chi connectivity index (χ0v) is 13.8. The Hall–Kier alpha value is -1.36. The topological polar surface area (TPSA) is 41.1 Å². The first-order valence-electron chi connectivity index (χ1n) is 6.63. The predicted molar refractivity (Wildman–Crippen MR) is 88.8 cm³/mol.